The number of thiazole rings is 1. The van der Waals surface area contributed by atoms with E-state index in [2.05, 4.69) is 20.5 Å². The van der Waals surface area contributed by atoms with Crippen LogP contribution in [0.5, 0.6) is 11.5 Å². The van der Waals surface area contributed by atoms with Gasteiger partial charge in [-0.2, -0.15) is 0 Å². The second kappa shape index (κ2) is 9.56. The van der Waals surface area contributed by atoms with Crippen LogP contribution in [0.2, 0.25) is 0 Å². The molecule has 1 amide bonds. The first-order valence-corrected chi connectivity index (χ1v) is 10.4. The Morgan fingerprint density at radius 1 is 1.29 bits per heavy atom. The number of amides is 1. The summed E-state index contributed by atoms with van der Waals surface area (Å²) in [6, 6.07) is 7.35. The summed E-state index contributed by atoms with van der Waals surface area (Å²) in [4.78, 5) is 16.4. The third-order valence-electron chi connectivity index (χ3n) is 3.85. The lowest BCUT2D eigenvalue weighted by Crippen LogP contribution is -2.22. The third kappa shape index (κ3) is 5.02. The Hall–Kier alpha value is -2.59. The third-order valence-corrected chi connectivity index (χ3v) is 5.62. The largest absolute Gasteiger partial charge is 0.497 e. The molecule has 2 aromatic heterocycles. The minimum absolute atomic E-state index is 0.123. The van der Waals surface area contributed by atoms with Crippen LogP contribution in [-0.4, -0.2) is 38.0 Å². The fourth-order valence-corrected chi connectivity index (χ4v) is 3.82. The first-order chi connectivity index (χ1) is 13.6. The van der Waals surface area contributed by atoms with Gasteiger partial charge in [-0.15, -0.1) is 21.5 Å². The summed E-state index contributed by atoms with van der Waals surface area (Å²) in [5.41, 5.74) is 0. The van der Waals surface area contributed by atoms with Crippen molar-refractivity contribution in [1.82, 2.24) is 19.7 Å². The molecule has 0 fully saturated rings. The minimum atomic E-state index is -0.339. The molecule has 2 heterocycles. The molecule has 3 rings (SSSR count). The molecule has 0 aliphatic rings. The molecule has 28 heavy (non-hydrogen) atoms. The van der Waals surface area contributed by atoms with Gasteiger partial charge in [0.15, 0.2) is 16.1 Å². The number of anilines is 1. The van der Waals surface area contributed by atoms with E-state index < -0.39 is 0 Å². The predicted octanol–water partition coefficient (Wildman–Crippen LogP) is 3.46. The lowest BCUT2D eigenvalue weighted by Gasteiger charge is -2.12. The summed E-state index contributed by atoms with van der Waals surface area (Å²) in [6.45, 7) is 4.80. The van der Waals surface area contributed by atoms with E-state index in [9.17, 15) is 4.79 Å². The molecule has 148 valence electrons. The van der Waals surface area contributed by atoms with Crippen LogP contribution in [0.1, 0.15) is 19.7 Å². The molecule has 1 aromatic carbocycles. The zero-order valence-corrected chi connectivity index (χ0v) is 17.4. The second-order valence-electron chi connectivity index (χ2n) is 5.69. The fourth-order valence-electron chi connectivity index (χ4n) is 2.35. The molecule has 1 N–H and O–H groups in total. The van der Waals surface area contributed by atoms with Crippen LogP contribution in [0, 0.1) is 0 Å². The molecule has 0 radical (unpaired) electrons. The van der Waals surface area contributed by atoms with Crippen LogP contribution in [0.3, 0.4) is 0 Å². The maximum absolute atomic E-state index is 12.3. The molecule has 0 aliphatic heterocycles. The van der Waals surface area contributed by atoms with Crippen LogP contribution >= 0.6 is 23.1 Å². The number of hydrogen-bond donors (Lipinski definition) is 1. The lowest BCUT2D eigenvalue weighted by atomic mass is 10.3. The number of nitrogens with one attached hydrogen (secondary N) is 1. The number of carbonyl (C=O) groups excluding carboxylic acids is 1. The molecule has 0 spiro atoms. The van der Waals surface area contributed by atoms with Crippen molar-refractivity contribution in [2.45, 2.75) is 37.4 Å². The number of rotatable bonds is 9. The molecular weight excluding hydrogens is 398 g/mol. The minimum Gasteiger partial charge on any atom is -0.497 e. The van der Waals surface area contributed by atoms with E-state index in [-0.39, 0.29) is 17.8 Å². The van der Waals surface area contributed by atoms with Crippen LogP contribution in [0.15, 0.2) is 41.0 Å². The number of methoxy groups -OCH3 is 1. The van der Waals surface area contributed by atoms with E-state index in [1.165, 1.54) is 23.1 Å². The van der Waals surface area contributed by atoms with Gasteiger partial charge in [-0.1, -0.05) is 11.8 Å². The van der Waals surface area contributed by atoms with E-state index in [1.807, 2.05) is 48.1 Å². The second-order valence-corrected chi connectivity index (χ2v) is 7.90. The van der Waals surface area contributed by atoms with Crippen molar-refractivity contribution in [3.8, 4) is 11.5 Å². The Balaban J connectivity index is 1.61. The summed E-state index contributed by atoms with van der Waals surface area (Å²) < 4.78 is 12.9. The SMILES string of the molecule is CCn1c(COc2ccc(OC)cc2)nnc1SC(C)C(=O)Nc1nccs1. The summed E-state index contributed by atoms with van der Waals surface area (Å²) in [5, 5.41) is 14.0. The normalized spacial score (nSPS) is 11.8. The molecule has 0 bridgehead atoms. The van der Waals surface area contributed by atoms with Gasteiger partial charge < -0.3 is 19.4 Å². The molecular formula is C18H21N5O3S2. The van der Waals surface area contributed by atoms with E-state index in [4.69, 9.17) is 9.47 Å². The Morgan fingerprint density at radius 2 is 2.04 bits per heavy atom. The monoisotopic (exact) mass is 419 g/mol. The topological polar surface area (TPSA) is 91.2 Å². The number of benzene rings is 1. The van der Waals surface area contributed by atoms with Crippen molar-refractivity contribution in [1.29, 1.82) is 0 Å². The maximum atomic E-state index is 12.3. The molecule has 0 saturated heterocycles. The smallest absolute Gasteiger partial charge is 0.239 e. The van der Waals surface area contributed by atoms with Gasteiger partial charge in [-0.3, -0.25) is 4.79 Å². The highest BCUT2D eigenvalue weighted by Gasteiger charge is 2.20. The van der Waals surface area contributed by atoms with Crippen molar-refractivity contribution < 1.29 is 14.3 Å². The molecule has 1 unspecified atom stereocenters. The van der Waals surface area contributed by atoms with Crippen molar-refractivity contribution in [3.63, 3.8) is 0 Å². The Bertz CT molecular complexity index is 897. The first-order valence-electron chi connectivity index (χ1n) is 8.66. The summed E-state index contributed by atoms with van der Waals surface area (Å²) in [7, 11) is 1.62. The molecule has 8 nitrogen and oxygen atoms in total. The summed E-state index contributed by atoms with van der Waals surface area (Å²) in [5.74, 6) is 2.07. The fraction of sp³-hybridized carbons (Fsp3) is 0.333. The van der Waals surface area contributed by atoms with Crippen molar-refractivity contribution in [2.24, 2.45) is 0 Å². The van der Waals surface area contributed by atoms with Crippen molar-refractivity contribution >= 4 is 34.1 Å². The van der Waals surface area contributed by atoms with Crippen LogP contribution in [0.4, 0.5) is 5.13 Å². The van der Waals surface area contributed by atoms with Gasteiger partial charge in [0.05, 0.1) is 12.4 Å². The van der Waals surface area contributed by atoms with Gasteiger partial charge in [0, 0.05) is 18.1 Å². The quantitative estimate of drug-likeness (QED) is 0.531. The molecule has 0 aliphatic carbocycles. The van der Waals surface area contributed by atoms with Crippen LogP contribution in [0.25, 0.3) is 0 Å². The molecule has 3 aromatic rings. The standard InChI is InChI=1S/C18H21N5O3S2/c1-4-23-15(11-26-14-7-5-13(25-3)6-8-14)21-22-18(23)28-12(2)16(24)20-17-19-9-10-27-17/h5-10,12H,4,11H2,1-3H3,(H,19,20,24). The number of hydrogen-bond acceptors (Lipinski definition) is 8. The van der Waals surface area contributed by atoms with Crippen molar-refractivity contribution in [3.05, 3.63) is 41.7 Å². The Morgan fingerprint density at radius 3 is 2.68 bits per heavy atom. The van der Waals surface area contributed by atoms with Gasteiger partial charge in [0.25, 0.3) is 0 Å². The Kier molecular flexibility index (Phi) is 6.88. The highest BCUT2D eigenvalue weighted by molar-refractivity contribution is 8.00. The zero-order valence-electron chi connectivity index (χ0n) is 15.8. The molecule has 0 saturated carbocycles. The predicted molar refractivity (Wildman–Crippen MR) is 109 cm³/mol. The highest BCUT2D eigenvalue weighted by atomic mass is 32.2. The number of thioether (sulfide) groups is 1. The number of carbonyl (C=O) groups is 1. The van der Waals surface area contributed by atoms with Gasteiger partial charge >= 0.3 is 0 Å². The average molecular weight is 420 g/mol. The number of ether oxygens (including phenoxy) is 2. The van der Waals surface area contributed by atoms with Crippen LogP contribution in [-0.2, 0) is 17.9 Å². The van der Waals surface area contributed by atoms with Crippen LogP contribution < -0.4 is 14.8 Å². The van der Waals surface area contributed by atoms with Gasteiger partial charge in [0.2, 0.25) is 5.91 Å². The van der Waals surface area contributed by atoms with E-state index in [0.29, 0.717) is 22.7 Å². The summed E-state index contributed by atoms with van der Waals surface area (Å²) in [6.07, 6.45) is 1.65. The van der Waals surface area contributed by atoms with E-state index in [1.54, 1.807) is 13.3 Å². The van der Waals surface area contributed by atoms with E-state index >= 15 is 0 Å². The first kappa shape index (κ1) is 20.2. The number of nitrogens with zero attached hydrogens (tertiary/aromatic N) is 4. The van der Waals surface area contributed by atoms with Gasteiger partial charge in [-0.05, 0) is 38.1 Å². The average Bonchev–Trinajstić information content (AvgIpc) is 3.36. The van der Waals surface area contributed by atoms with Gasteiger partial charge in [-0.25, -0.2) is 4.98 Å². The maximum Gasteiger partial charge on any atom is 0.239 e. The number of aromatic nitrogens is 4. The van der Waals surface area contributed by atoms with Crippen molar-refractivity contribution in [2.75, 3.05) is 12.4 Å². The molecule has 1 atom stereocenters. The lowest BCUT2D eigenvalue weighted by molar-refractivity contribution is -0.115. The molecule has 10 heteroatoms. The van der Waals surface area contributed by atoms with Gasteiger partial charge in [0.1, 0.15) is 18.1 Å². The van der Waals surface area contributed by atoms with E-state index in [0.717, 1.165) is 11.5 Å². The summed E-state index contributed by atoms with van der Waals surface area (Å²) >= 11 is 2.74. The zero-order chi connectivity index (χ0) is 19.9. The highest BCUT2D eigenvalue weighted by Crippen LogP contribution is 2.25. The Labute approximate surface area is 171 Å².